The van der Waals surface area contributed by atoms with Gasteiger partial charge in [0.1, 0.15) is 11.5 Å². The van der Waals surface area contributed by atoms with Crippen molar-refractivity contribution in [2.45, 2.75) is 26.0 Å². The number of aromatic carboxylic acids is 1. The number of benzene rings is 1. The molecule has 6 nitrogen and oxygen atoms in total. The fourth-order valence-electron chi connectivity index (χ4n) is 1.96. The van der Waals surface area contributed by atoms with E-state index in [1.807, 2.05) is 0 Å². The Morgan fingerprint density at radius 3 is 2.46 bits per heavy atom. The highest BCUT2D eigenvalue weighted by atomic mass is 19.3. The third-order valence-corrected chi connectivity index (χ3v) is 3.12. The van der Waals surface area contributed by atoms with Crippen LogP contribution in [0.3, 0.4) is 0 Å². The Morgan fingerprint density at radius 1 is 1.17 bits per heavy atom. The van der Waals surface area contributed by atoms with Gasteiger partial charge in [0, 0.05) is 6.42 Å². The molecule has 2 rings (SSSR count). The van der Waals surface area contributed by atoms with E-state index in [9.17, 15) is 18.4 Å². The molecule has 8 heteroatoms. The zero-order chi connectivity index (χ0) is 17.5. The van der Waals surface area contributed by atoms with Crippen LogP contribution in [-0.2, 0) is 17.8 Å². The Labute approximate surface area is 136 Å². The minimum atomic E-state index is -2.87. The molecular weight excluding hydrogens is 324 g/mol. The van der Waals surface area contributed by atoms with E-state index in [-0.39, 0.29) is 30.4 Å². The molecule has 0 spiro atoms. The van der Waals surface area contributed by atoms with Gasteiger partial charge in [-0.3, -0.25) is 4.79 Å². The van der Waals surface area contributed by atoms with Crippen molar-refractivity contribution in [2.75, 3.05) is 0 Å². The highest BCUT2D eigenvalue weighted by Gasteiger charge is 2.10. The number of rotatable bonds is 8. The molecule has 1 heterocycles. The van der Waals surface area contributed by atoms with Gasteiger partial charge in [-0.05, 0) is 36.2 Å². The van der Waals surface area contributed by atoms with Crippen LogP contribution in [0, 0.1) is 0 Å². The number of carboxylic acid groups (broad SMARTS) is 1. The maximum atomic E-state index is 12.0. The number of furan rings is 1. The van der Waals surface area contributed by atoms with E-state index in [2.05, 4.69) is 10.1 Å². The van der Waals surface area contributed by atoms with Gasteiger partial charge in [0.2, 0.25) is 11.7 Å². The van der Waals surface area contributed by atoms with Crippen molar-refractivity contribution < 1.29 is 32.6 Å². The lowest BCUT2D eigenvalue weighted by molar-refractivity contribution is -0.121. The summed E-state index contributed by atoms with van der Waals surface area (Å²) in [7, 11) is 0. The molecule has 1 amide bonds. The van der Waals surface area contributed by atoms with Gasteiger partial charge in [-0.2, -0.15) is 8.78 Å². The zero-order valence-electron chi connectivity index (χ0n) is 12.5. The number of hydrogen-bond acceptors (Lipinski definition) is 4. The van der Waals surface area contributed by atoms with E-state index in [1.165, 1.54) is 24.3 Å². The number of alkyl halides is 2. The lowest BCUT2D eigenvalue weighted by Crippen LogP contribution is -2.22. The Balaban J connectivity index is 1.75. The SMILES string of the molecule is O=C(CCc1ccc(OC(F)F)cc1)NCc1ccc(C(=O)O)o1. The minimum absolute atomic E-state index is 0.0604. The van der Waals surface area contributed by atoms with Gasteiger partial charge >= 0.3 is 12.6 Å². The summed E-state index contributed by atoms with van der Waals surface area (Å²) in [5, 5.41) is 11.3. The van der Waals surface area contributed by atoms with Gasteiger partial charge in [0.25, 0.3) is 0 Å². The molecule has 24 heavy (non-hydrogen) atoms. The van der Waals surface area contributed by atoms with E-state index in [0.717, 1.165) is 5.56 Å². The average Bonchev–Trinajstić information content (AvgIpc) is 3.01. The molecule has 0 unspecified atom stereocenters. The van der Waals surface area contributed by atoms with Gasteiger partial charge in [-0.15, -0.1) is 0 Å². The monoisotopic (exact) mass is 339 g/mol. The fraction of sp³-hybridized carbons (Fsp3) is 0.250. The summed E-state index contributed by atoms with van der Waals surface area (Å²) in [6, 6.07) is 8.83. The molecular formula is C16H15F2NO5. The Morgan fingerprint density at radius 2 is 1.88 bits per heavy atom. The summed E-state index contributed by atoms with van der Waals surface area (Å²) in [4.78, 5) is 22.4. The van der Waals surface area contributed by atoms with Crippen LogP contribution in [0.1, 0.15) is 28.3 Å². The van der Waals surface area contributed by atoms with Crippen molar-refractivity contribution in [1.29, 1.82) is 0 Å². The average molecular weight is 339 g/mol. The number of hydrogen-bond donors (Lipinski definition) is 2. The number of carboxylic acids is 1. The van der Waals surface area contributed by atoms with Crippen molar-refractivity contribution in [2.24, 2.45) is 0 Å². The van der Waals surface area contributed by atoms with Crippen LogP contribution in [0.25, 0.3) is 0 Å². The van der Waals surface area contributed by atoms with Gasteiger partial charge in [-0.1, -0.05) is 12.1 Å². The van der Waals surface area contributed by atoms with E-state index in [1.54, 1.807) is 12.1 Å². The van der Waals surface area contributed by atoms with Crippen LogP contribution >= 0.6 is 0 Å². The molecule has 0 atom stereocenters. The maximum Gasteiger partial charge on any atom is 0.387 e. The van der Waals surface area contributed by atoms with Crippen molar-refractivity contribution in [3.63, 3.8) is 0 Å². The van der Waals surface area contributed by atoms with Gasteiger partial charge in [0.15, 0.2) is 0 Å². The lowest BCUT2D eigenvalue weighted by atomic mass is 10.1. The lowest BCUT2D eigenvalue weighted by Gasteiger charge is -2.06. The van der Waals surface area contributed by atoms with E-state index < -0.39 is 12.6 Å². The second-order valence-corrected chi connectivity index (χ2v) is 4.87. The molecule has 0 saturated heterocycles. The summed E-state index contributed by atoms with van der Waals surface area (Å²) in [6.45, 7) is -2.78. The normalized spacial score (nSPS) is 10.6. The molecule has 1 aromatic carbocycles. The number of ether oxygens (including phenoxy) is 1. The zero-order valence-corrected chi connectivity index (χ0v) is 12.5. The second kappa shape index (κ2) is 8.09. The van der Waals surface area contributed by atoms with Crippen LogP contribution in [0.15, 0.2) is 40.8 Å². The first kappa shape index (κ1) is 17.5. The summed E-state index contributed by atoms with van der Waals surface area (Å²) in [6.07, 6.45) is 0.626. The van der Waals surface area contributed by atoms with Crippen molar-refractivity contribution in [3.05, 3.63) is 53.5 Å². The second-order valence-electron chi connectivity index (χ2n) is 4.87. The Kier molecular flexibility index (Phi) is 5.89. The quantitative estimate of drug-likeness (QED) is 0.772. The molecule has 0 saturated carbocycles. The topological polar surface area (TPSA) is 88.8 Å². The number of carbonyl (C=O) groups excluding carboxylic acids is 1. The van der Waals surface area contributed by atoms with Gasteiger partial charge in [-0.25, -0.2) is 4.79 Å². The molecule has 0 aliphatic rings. The van der Waals surface area contributed by atoms with E-state index in [4.69, 9.17) is 9.52 Å². The van der Waals surface area contributed by atoms with Crippen LogP contribution in [0.5, 0.6) is 5.75 Å². The molecule has 0 fully saturated rings. The smallest absolute Gasteiger partial charge is 0.387 e. The van der Waals surface area contributed by atoms with Crippen molar-refractivity contribution in [3.8, 4) is 5.75 Å². The van der Waals surface area contributed by atoms with Crippen molar-refractivity contribution in [1.82, 2.24) is 5.32 Å². The minimum Gasteiger partial charge on any atom is -0.475 e. The molecule has 0 bridgehead atoms. The largest absolute Gasteiger partial charge is 0.475 e. The molecule has 0 aliphatic carbocycles. The molecule has 128 valence electrons. The predicted octanol–water partition coefficient (Wildman–Crippen LogP) is 2.83. The summed E-state index contributed by atoms with van der Waals surface area (Å²) < 4.78 is 33.3. The number of nitrogens with one attached hydrogen (secondary N) is 1. The first-order chi connectivity index (χ1) is 11.4. The molecule has 1 aromatic heterocycles. The third-order valence-electron chi connectivity index (χ3n) is 3.12. The first-order valence-electron chi connectivity index (χ1n) is 7.06. The summed E-state index contributed by atoms with van der Waals surface area (Å²) >= 11 is 0. The van der Waals surface area contributed by atoms with Gasteiger partial charge in [0.05, 0.1) is 6.54 Å². The molecule has 0 radical (unpaired) electrons. The number of aryl methyl sites for hydroxylation is 1. The van der Waals surface area contributed by atoms with Gasteiger partial charge < -0.3 is 19.6 Å². The first-order valence-corrected chi connectivity index (χ1v) is 7.06. The highest BCUT2D eigenvalue weighted by molar-refractivity contribution is 5.84. The Bertz CT molecular complexity index is 697. The summed E-state index contributed by atoms with van der Waals surface area (Å²) in [5.41, 5.74) is 0.804. The van der Waals surface area contributed by atoms with Crippen LogP contribution < -0.4 is 10.1 Å². The number of halogens is 2. The maximum absolute atomic E-state index is 12.0. The number of carbonyl (C=O) groups is 2. The van der Waals surface area contributed by atoms with Crippen LogP contribution in [-0.4, -0.2) is 23.6 Å². The summed E-state index contributed by atoms with van der Waals surface area (Å²) in [5.74, 6) is -1.20. The fourth-order valence-corrected chi connectivity index (χ4v) is 1.96. The van der Waals surface area contributed by atoms with Crippen molar-refractivity contribution >= 4 is 11.9 Å². The van der Waals surface area contributed by atoms with E-state index >= 15 is 0 Å². The molecule has 0 aliphatic heterocycles. The number of amides is 1. The molecule has 2 aromatic rings. The standard InChI is InChI=1S/C16H15F2NO5/c17-16(18)24-11-4-1-10(2-5-11)3-8-14(20)19-9-12-6-7-13(23-12)15(21)22/h1-2,4-7,16H,3,8-9H2,(H,19,20)(H,21,22). The predicted molar refractivity (Wildman–Crippen MR) is 78.9 cm³/mol. The molecule has 2 N–H and O–H groups in total. The van der Waals surface area contributed by atoms with E-state index in [0.29, 0.717) is 12.2 Å². The van der Waals surface area contributed by atoms with Crippen LogP contribution in [0.2, 0.25) is 0 Å². The van der Waals surface area contributed by atoms with Crippen LogP contribution in [0.4, 0.5) is 8.78 Å². The third kappa shape index (κ3) is 5.38. The Hall–Kier alpha value is -2.90. The highest BCUT2D eigenvalue weighted by Crippen LogP contribution is 2.15.